The molecule has 35 heavy (non-hydrogen) atoms. The van der Waals surface area contributed by atoms with E-state index in [2.05, 4.69) is 5.32 Å². The van der Waals surface area contributed by atoms with Gasteiger partial charge in [-0.25, -0.2) is 9.69 Å². The van der Waals surface area contributed by atoms with Crippen molar-refractivity contribution in [1.82, 2.24) is 0 Å². The molecule has 1 aliphatic carbocycles. The van der Waals surface area contributed by atoms with Gasteiger partial charge in [0, 0.05) is 4.88 Å². The van der Waals surface area contributed by atoms with E-state index in [1.54, 1.807) is 24.3 Å². The third kappa shape index (κ3) is 3.97. The van der Waals surface area contributed by atoms with Gasteiger partial charge in [-0.05, 0) is 61.2 Å². The summed E-state index contributed by atoms with van der Waals surface area (Å²) in [6.07, 6.45) is 2.52. The topological polar surface area (TPSA) is 136 Å². The molecule has 0 bridgehead atoms. The van der Waals surface area contributed by atoms with E-state index in [9.17, 15) is 24.0 Å². The maximum atomic E-state index is 12.6. The molecule has 0 spiro atoms. The number of nitrogens with zero attached hydrogens (tertiary/aromatic N) is 1. The molecule has 1 aromatic heterocycles. The van der Waals surface area contributed by atoms with E-state index >= 15 is 0 Å². The minimum Gasteiger partial charge on any atom is -0.452 e. The predicted octanol–water partition coefficient (Wildman–Crippen LogP) is 2.93. The molecular formula is C25H19N3O6S. The summed E-state index contributed by atoms with van der Waals surface area (Å²) in [5.41, 5.74) is 7.80. The van der Waals surface area contributed by atoms with Crippen LogP contribution in [0.5, 0.6) is 0 Å². The van der Waals surface area contributed by atoms with Crippen LogP contribution in [0.2, 0.25) is 0 Å². The number of amides is 4. The summed E-state index contributed by atoms with van der Waals surface area (Å²) < 4.78 is 5.09. The number of anilines is 2. The van der Waals surface area contributed by atoms with Crippen LogP contribution in [0.3, 0.4) is 0 Å². The molecule has 10 heteroatoms. The van der Waals surface area contributed by atoms with Crippen LogP contribution >= 0.6 is 11.3 Å². The van der Waals surface area contributed by atoms with Crippen LogP contribution in [-0.4, -0.2) is 36.2 Å². The Hall–Kier alpha value is -4.31. The van der Waals surface area contributed by atoms with Crippen molar-refractivity contribution < 1.29 is 28.7 Å². The number of nitrogens with one attached hydrogen (secondary N) is 1. The van der Waals surface area contributed by atoms with Gasteiger partial charge in [0.15, 0.2) is 6.61 Å². The Morgan fingerprint density at radius 1 is 0.971 bits per heavy atom. The van der Waals surface area contributed by atoms with E-state index in [-0.39, 0.29) is 5.56 Å². The van der Waals surface area contributed by atoms with Crippen molar-refractivity contribution in [2.24, 2.45) is 5.73 Å². The number of imide groups is 1. The Morgan fingerprint density at radius 3 is 2.26 bits per heavy atom. The summed E-state index contributed by atoms with van der Waals surface area (Å²) in [6.45, 7) is -0.556. The minimum absolute atomic E-state index is 0.145. The first kappa shape index (κ1) is 22.5. The number of nitrogens with two attached hydrogens (primary N) is 1. The number of ether oxygens (including phenoxy) is 1. The first-order valence-corrected chi connectivity index (χ1v) is 11.7. The lowest BCUT2D eigenvalue weighted by molar-refractivity contribution is -0.119. The fraction of sp³-hybridized carbons (Fsp3) is 0.160. The maximum absolute atomic E-state index is 12.6. The van der Waals surface area contributed by atoms with E-state index < -0.39 is 36.2 Å². The lowest BCUT2D eigenvalue weighted by atomic mass is 10.1. The molecule has 0 radical (unpaired) electrons. The van der Waals surface area contributed by atoms with Crippen LogP contribution < -0.4 is 16.0 Å². The zero-order chi connectivity index (χ0) is 24.7. The Morgan fingerprint density at radius 2 is 1.63 bits per heavy atom. The van der Waals surface area contributed by atoms with Gasteiger partial charge < -0.3 is 15.8 Å². The third-order valence-corrected chi connectivity index (χ3v) is 7.12. The summed E-state index contributed by atoms with van der Waals surface area (Å²) in [7, 11) is 0. The highest BCUT2D eigenvalue weighted by Crippen LogP contribution is 2.38. The first-order valence-electron chi connectivity index (χ1n) is 10.8. The normalized spacial score (nSPS) is 14.0. The average molecular weight is 490 g/mol. The smallest absolute Gasteiger partial charge is 0.338 e. The van der Waals surface area contributed by atoms with Crippen LogP contribution in [0.25, 0.3) is 0 Å². The summed E-state index contributed by atoms with van der Waals surface area (Å²) in [5.74, 6) is -2.82. The number of hydrogen-bond acceptors (Lipinski definition) is 7. The van der Waals surface area contributed by atoms with E-state index in [0.29, 0.717) is 27.4 Å². The highest BCUT2D eigenvalue weighted by atomic mass is 32.1. The van der Waals surface area contributed by atoms with Crippen molar-refractivity contribution in [3.05, 3.63) is 81.2 Å². The van der Waals surface area contributed by atoms with Gasteiger partial charge in [0.1, 0.15) is 5.00 Å². The summed E-state index contributed by atoms with van der Waals surface area (Å²) >= 11 is 1.31. The monoisotopic (exact) mass is 489 g/mol. The lowest BCUT2D eigenvalue weighted by Crippen LogP contribution is -2.29. The molecule has 3 aromatic rings. The zero-order valence-corrected chi connectivity index (χ0v) is 19.1. The molecule has 0 saturated carbocycles. The van der Waals surface area contributed by atoms with Crippen LogP contribution in [0.4, 0.5) is 10.7 Å². The number of fused-ring (bicyclic) bond motifs is 2. The fourth-order valence-electron chi connectivity index (χ4n) is 4.30. The highest BCUT2D eigenvalue weighted by Gasteiger charge is 2.36. The van der Waals surface area contributed by atoms with E-state index in [1.807, 2.05) is 0 Å². The quantitative estimate of drug-likeness (QED) is 0.404. The van der Waals surface area contributed by atoms with Gasteiger partial charge in [0.25, 0.3) is 23.6 Å². The molecule has 4 amide bonds. The van der Waals surface area contributed by atoms with Crippen LogP contribution in [0.15, 0.2) is 48.5 Å². The maximum Gasteiger partial charge on any atom is 0.338 e. The summed E-state index contributed by atoms with van der Waals surface area (Å²) in [6, 6.07) is 12.3. The molecule has 3 N–H and O–H groups in total. The van der Waals surface area contributed by atoms with Crippen molar-refractivity contribution in [2.45, 2.75) is 19.3 Å². The molecule has 0 saturated heterocycles. The van der Waals surface area contributed by atoms with Gasteiger partial charge in [-0.3, -0.25) is 19.2 Å². The van der Waals surface area contributed by atoms with Gasteiger partial charge in [-0.15, -0.1) is 11.3 Å². The van der Waals surface area contributed by atoms with Crippen molar-refractivity contribution in [3.63, 3.8) is 0 Å². The second-order valence-corrected chi connectivity index (χ2v) is 9.19. The van der Waals surface area contributed by atoms with Gasteiger partial charge in [0.05, 0.1) is 27.9 Å². The molecule has 176 valence electrons. The van der Waals surface area contributed by atoms with Crippen molar-refractivity contribution in [2.75, 3.05) is 16.8 Å². The first-order chi connectivity index (χ1) is 16.8. The number of esters is 1. The zero-order valence-electron chi connectivity index (χ0n) is 18.3. The number of carbonyl (C=O) groups excluding carboxylic acids is 5. The van der Waals surface area contributed by atoms with Crippen molar-refractivity contribution in [3.8, 4) is 0 Å². The fourth-order valence-corrected chi connectivity index (χ4v) is 5.61. The second-order valence-electron chi connectivity index (χ2n) is 8.09. The predicted molar refractivity (Wildman–Crippen MR) is 128 cm³/mol. The summed E-state index contributed by atoms with van der Waals surface area (Å²) in [5, 5.41) is 2.98. The Kier molecular flexibility index (Phi) is 5.65. The standard InChI is InChI=1S/C25H19N3O6S/c26-21(30)20-17-6-3-7-18(17)35-22(20)27-19(29)12-34-25(33)13-8-10-14(11-9-13)28-23(31)15-4-1-2-5-16(15)24(28)32/h1-2,4-5,8-11H,3,6-7,12H2,(H2,26,30)(H,27,29). The number of benzene rings is 2. The van der Waals surface area contributed by atoms with Crippen LogP contribution in [-0.2, 0) is 22.4 Å². The summed E-state index contributed by atoms with van der Waals surface area (Å²) in [4.78, 5) is 63.9. The number of rotatable bonds is 6. The Balaban J connectivity index is 1.22. The van der Waals surface area contributed by atoms with Gasteiger partial charge in [0.2, 0.25) is 0 Å². The van der Waals surface area contributed by atoms with Crippen LogP contribution in [0.1, 0.15) is 58.3 Å². The van der Waals surface area contributed by atoms with E-state index in [1.165, 1.54) is 35.6 Å². The largest absolute Gasteiger partial charge is 0.452 e. The minimum atomic E-state index is -0.752. The van der Waals surface area contributed by atoms with Gasteiger partial charge in [-0.1, -0.05) is 12.1 Å². The molecule has 2 aromatic carbocycles. The van der Waals surface area contributed by atoms with E-state index in [0.717, 1.165) is 34.6 Å². The van der Waals surface area contributed by atoms with Gasteiger partial charge in [-0.2, -0.15) is 0 Å². The van der Waals surface area contributed by atoms with Crippen molar-refractivity contribution >= 4 is 51.6 Å². The molecular weight excluding hydrogens is 470 g/mol. The number of thiophene rings is 1. The Bertz CT molecular complexity index is 1370. The average Bonchev–Trinajstić information content (AvgIpc) is 3.50. The van der Waals surface area contributed by atoms with Gasteiger partial charge >= 0.3 is 5.97 Å². The molecule has 1 aliphatic heterocycles. The molecule has 0 fully saturated rings. The molecule has 2 heterocycles. The third-order valence-electron chi connectivity index (χ3n) is 5.91. The van der Waals surface area contributed by atoms with Crippen molar-refractivity contribution in [1.29, 1.82) is 0 Å². The second kappa shape index (κ2) is 8.80. The molecule has 5 rings (SSSR count). The lowest BCUT2D eigenvalue weighted by Gasteiger charge is -2.14. The molecule has 2 aliphatic rings. The van der Waals surface area contributed by atoms with Crippen LogP contribution in [0, 0.1) is 0 Å². The molecule has 0 unspecified atom stereocenters. The molecule has 9 nitrogen and oxygen atoms in total. The number of carbonyl (C=O) groups is 5. The number of hydrogen-bond donors (Lipinski definition) is 2. The highest BCUT2D eigenvalue weighted by molar-refractivity contribution is 7.17. The number of aryl methyl sites for hydroxylation is 1. The SMILES string of the molecule is NC(=O)c1c(NC(=O)COC(=O)c2ccc(N3C(=O)c4ccccc4C3=O)cc2)sc2c1CCC2. The molecule has 0 atom stereocenters. The van der Waals surface area contributed by atoms with E-state index in [4.69, 9.17) is 10.5 Å². The number of primary amides is 1. The Labute approximate surface area is 203 Å².